The predicted molar refractivity (Wildman–Crippen MR) is 102 cm³/mol. The van der Waals surface area contributed by atoms with Crippen LogP contribution in [0.15, 0.2) is 42.5 Å². The van der Waals surface area contributed by atoms with Crippen LogP contribution in [0.3, 0.4) is 0 Å². The van der Waals surface area contributed by atoms with E-state index in [1.807, 2.05) is 43.3 Å². The van der Waals surface area contributed by atoms with Gasteiger partial charge in [-0.25, -0.2) is 0 Å². The second-order valence-electron chi connectivity index (χ2n) is 7.06. The maximum Gasteiger partial charge on any atom is 0.272 e. The number of rotatable bonds is 2. The zero-order valence-corrected chi connectivity index (χ0v) is 15.3. The van der Waals surface area contributed by atoms with Gasteiger partial charge in [0.05, 0.1) is 7.11 Å². The largest absolute Gasteiger partial charge is 0.496 e. The molecule has 1 unspecified atom stereocenters. The maximum atomic E-state index is 13.3. The van der Waals surface area contributed by atoms with Crippen LogP contribution in [-0.4, -0.2) is 29.4 Å². The number of benzene rings is 2. The molecule has 1 aliphatic rings. The Bertz CT molecular complexity index is 1000. The van der Waals surface area contributed by atoms with Gasteiger partial charge in [0.25, 0.3) is 5.91 Å². The number of aryl methyl sites for hydroxylation is 1. The Labute approximate surface area is 152 Å². The minimum absolute atomic E-state index is 0.0968. The average molecular weight is 349 g/mol. The number of nitrogens with two attached hydrogens (primary N) is 1. The van der Waals surface area contributed by atoms with Crippen LogP contribution < -0.4 is 10.5 Å². The van der Waals surface area contributed by atoms with E-state index >= 15 is 0 Å². The highest BCUT2D eigenvalue weighted by Gasteiger charge is 2.39. The zero-order chi connectivity index (χ0) is 18.5. The predicted octanol–water partition coefficient (Wildman–Crippen LogP) is 3.31. The number of carbonyl (C=O) groups excluding carboxylic acids is 1. The molecule has 2 aromatic carbocycles. The topological polar surface area (TPSA) is 71.4 Å². The number of aromatic amines is 1. The normalized spacial score (nSPS) is 19.5. The van der Waals surface area contributed by atoms with E-state index in [1.165, 1.54) is 11.1 Å². The Morgan fingerprint density at radius 1 is 1.27 bits per heavy atom. The van der Waals surface area contributed by atoms with Gasteiger partial charge in [0.2, 0.25) is 0 Å². The van der Waals surface area contributed by atoms with Crippen LogP contribution in [0.1, 0.15) is 34.1 Å². The van der Waals surface area contributed by atoms with Crippen LogP contribution in [0.4, 0.5) is 0 Å². The molecule has 0 aliphatic carbocycles. The fourth-order valence-corrected chi connectivity index (χ4v) is 3.99. The first-order chi connectivity index (χ1) is 12.4. The van der Waals surface area contributed by atoms with Crippen molar-refractivity contribution in [2.75, 3.05) is 13.7 Å². The van der Waals surface area contributed by atoms with Gasteiger partial charge < -0.3 is 20.4 Å². The number of ether oxygens (including phenoxy) is 1. The molecule has 1 aromatic heterocycles. The summed E-state index contributed by atoms with van der Waals surface area (Å²) in [6, 6.07) is 13.7. The Hall–Kier alpha value is -2.79. The standard InChI is InChI=1S/C21H23N3O2/c1-13-6-4-7-16-14(13)10-11-24(21(16,2)22)20(25)18-12-15-17(23-18)8-5-9-19(15)26-3/h4-9,12,23H,10-11,22H2,1-3H3. The minimum atomic E-state index is -0.849. The van der Waals surface area contributed by atoms with Gasteiger partial charge in [0.1, 0.15) is 17.1 Å². The van der Waals surface area contributed by atoms with Crippen molar-refractivity contribution in [3.63, 3.8) is 0 Å². The first-order valence-electron chi connectivity index (χ1n) is 8.79. The van der Waals surface area contributed by atoms with E-state index in [1.54, 1.807) is 12.0 Å². The molecule has 0 fully saturated rings. The van der Waals surface area contributed by atoms with Crippen LogP contribution in [0.5, 0.6) is 5.75 Å². The molecule has 0 saturated heterocycles. The Morgan fingerprint density at radius 3 is 2.81 bits per heavy atom. The number of nitrogens with one attached hydrogen (secondary N) is 1. The lowest BCUT2D eigenvalue weighted by Gasteiger charge is -2.43. The Kier molecular flexibility index (Phi) is 3.77. The van der Waals surface area contributed by atoms with Crippen LogP contribution in [0.2, 0.25) is 0 Å². The monoisotopic (exact) mass is 349 g/mol. The molecule has 5 nitrogen and oxygen atoms in total. The van der Waals surface area contributed by atoms with Gasteiger partial charge >= 0.3 is 0 Å². The van der Waals surface area contributed by atoms with Crippen LogP contribution in [0, 0.1) is 6.92 Å². The Morgan fingerprint density at radius 2 is 2.04 bits per heavy atom. The molecule has 3 aromatic rings. The molecule has 4 rings (SSSR count). The van der Waals surface area contributed by atoms with E-state index in [4.69, 9.17) is 10.5 Å². The molecule has 26 heavy (non-hydrogen) atoms. The van der Waals surface area contributed by atoms with E-state index < -0.39 is 5.66 Å². The lowest BCUT2D eigenvalue weighted by molar-refractivity contribution is 0.0477. The highest BCUT2D eigenvalue weighted by atomic mass is 16.5. The fraction of sp³-hybridized carbons (Fsp3) is 0.286. The Balaban J connectivity index is 1.75. The van der Waals surface area contributed by atoms with Crippen LogP contribution >= 0.6 is 0 Å². The van der Waals surface area contributed by atoms with Crippen molar-refractivity contribution >= 4 is 16.8 Å². The van der Waals surface area contributed by atoms with Crippen molar-refractivity contribution < 1.29 is 9.53 Å². The summed E-state index contributed by atoms with van der Waals surface area (Å²) in [4.78, 5) is 18.2. The molecule has 1 amide bonds. The zero-order valence-electron chi connectivity index (χ0n) is 15.3. The number of carbonyl (C=O) groups is 1. The summed E-state index contributed by atoms with van der Waals surface area (Å²) in [7, 11) is 1.63. The summed E-state index contributed by atoms with van der Waals surface area (Å²) in [6.45, 7) is 4.60. The van der Waals surface area contributed by atoms with E-state index in [9.17, 15) is 4.79 Å². The van der Waals surface area contributed by atoms with E-state index in [0.29, 0.717) is 12.2 Å². The van der Waals surface area contributed by atoms with Crippen LogP contribution in [0.25, 0.3) is 10.9 Å². The van der Waals surface area contributed by atoms with Crippen molar-refractivity contribution in [2.45, 2.75) is 25.9 Å². The van der Waals surface area contributed by atoms with Crippen molar-refractivity contribution in [3.8, 4) is 5.75 Å². The SMILES string of the molecule is COc1cccc2[nH]c(C(=O)N3CCc4c(C)cccc4C3(C)N)cc12. The molecular weight excluding hydrogens is 326 g/mol. The molecule has 5 heteroatoms. The third-order valence-electron chi connectivity index (χ3n) is 5.42. The van der Waals surface area contributed by atoms with Gasteiger partial charge in [0, 0.05) is 17.4 Å². The van der Waals surface area contributed by atoms with E-state index in [0.717, 1.165) is 28.6 Å². The van der Waals surface area contributed by atoms with E-state index in [-0.39, 0.29) is 5.91 Å². The van der Waals surface area contributed by atoms with Gasteiger partial charge in [0.15, 0.2) is 0 Å². The lowest BCUT2D eigenvalue weighted by atomic mass is 9.86. The number of nitrogens with zero attached hydrogens (tertiary/aromatic N) is 1. The van der Waals surface area contributed by atoms with Crippen molar-refractivity contribution in [2.24, 2.45) is 5.73 Å². The second kappa shape index (κ2) is 5.88. The number of H-pyrrole nitrogens is 1. The minimum Gasteiger partial charge on any atom is -0.496 e. The quantitative estimate of drug-likeness (QED) is 0.745. The van der Waals surface area contributed by atoms with Gasteiger partial charge in [-0.05, 0) is 55.2 Å². The number of hydrogen-bond donors (Lipinski definition) is 2. The first-order valence-corrected chi connectivity index (χ1v) is 8.79. The van der Waals surface area contributed by atoms with Crippen molar-refractivity contribution in [3.05, 3.63) is 64.8 Å². The lowest BCUT2D eigenvalue weighted by Crippen LogP contribution is -2.57. The maximum absolute atomic E-state index is 13.3. The molecule has 0 bridgehead atoms. The molecule has 1 aliphatic heterocycles. The summed E-state index contributed by atoms with van der Waals surface area (Å²) >= 11 is 0. The summed E-state index contributed by atoms with van der Waals surface area (Å²) < 4.78 is 5.40. The van der Waals surface area contributed by atoms with Gasteiger partial charge in [-0.3, -0.25) is 4.79 Å². The average Bonchev–Trinajstić information content (AvgIpc) is 3.06. The highest BCUT2D eigenvalue weighted by Crippen LogP contribution is 2.34. The number of amides is 1. The molecule has 1 atom stereocenters. The third kappa shape index (κ3) is 2.39. The van der Waals surface area contributed by atoms with Gasteiger partial charge in [-0.2, -0.15) is 0 Å². The third-order valence-corrected chi connectivity index (χ3v) is 5.42. The molecule has 0 saturated carbocycles. The summed E-state index contributed by atoms with van der Waals surface area (Å²) in [6.07, 6.45) is 0.810. The molecule has 0 radical (unpaired) electrons. The summed E-state index contributed by atoms with van der Waals surface area (Å²) in [5.41, 5.74) is 10.7. The molecule has 134 valence electrons. The van der Waals surface area contributed by atoms with Gasteiger partial charge in [-0.1, -0.05) is 24.3 Å². The van der Waals surface area contributed by atoms with E-state index in [2.05, 4.69) is 18.0 Å². The number of fused-ring (bicyclic) bond motifs is 2. The molecule has 3 N–H and O–H groups in total. The molecule has 2 heterocycles. The smallest absolute Gasteiger partial charge is 0.272 e. The number of hydrogen-bond acceptors (Lipinski definition) is 3. The van der Waals surface area contributed by atoms with Crippen molar-refractivity contribution in [1.82, 2.24) is 9.88 Å². The van der Waals surface area contributed by atoms with Gasteiger partial charge in [-0.15, -0.1) is 0 Å². The fourth-order valence-electron chi connectivity index (χ4n) is 3.99. The number of aromatic nitrogens is 1. The molecular formula is C21H23N3O2. The second-order valence-corrected chi connectivity index (χ2v) is 7.06. The molecule has 0 spiro atoms. The summed E-state index contributed by atoms with van der Waals surface area (Å²) in [5, 5.41) is 0.894. The first kappa shape index (κ1) is 16.7. The summed E-state index contributed by atoms with van der Waals surface area (Å²) in [5.74, 6) is 0.647. The number of methoxy groups -OCH3 is 1. The van der Waals surface area contributed by atoms with Crippen LogP contribution in [-0.2, 0) is 12.1 Å². The van der Waals surface area contributed by atoms with Crippen molar-refractivity contribution in [1.29, 1.82) is 0 Å². The highest BCUT2D eigenvalue weighted by molar-refractivity contribution is 6.00.